The van der Waals surface area contributed by atoms with Crippen LogP contribution in [0.25, 0.3) is 0 Å². The number of halogens is 1. The Kier molecular flexibility index (Phi) is 16.5. The van der Waals surface area contributed by atoms with Crippen LogP contribution in [0.3, 0.4) is 0 Å². The fraction of sp³-hybridized carbons (Fsp3) is 0.600. The molecule has 0 rings (SSSR count). The highest BCUT2D eigenvalue weighted by molar-refractivity contribution is 14.1. The predicted molar refractivity (Wildman–Crippen MR) is 119 cm³/mol. The fourth-order valence-electron chi connectivity index (χ4n) is 1.84. The second kappa shape index (κ2) is 17.7. The Morgan fingerprint density at radius 2 is 1.29 bits per heavy atom. The average molecular weight is 555 g/mol. The fourth-order valence-corrected chi connectivity index (χ4v) is 2.15. The lowest BCUT2D eigenvalue weighted by molar-refractivity contribution is -0.152. The average Bonchev–Trinajstić information content (AvgIpc) is 2.67. The van der Waals surface area contributed by atoms with Gasteiger partial charge in [-0.3, -0.25) is 0 Å². The molecule has 176 valence electrons. The van der Waals surface area contributed by atoms with Crippen molar-refractivity contribution in [3.8, 4) is 0 Å². The molecule has 0 aromatic carbocycles. The van der Waals surface area contributed by atoms with Gasteiger partial charge < -0.3 is 29.0 Å². The molecule has 0 aromatic rings. The van der Waals surface area contributed by atoms with Crippen LogP contribution in [0.2, 0.25) is 0 Å². The molecule has 1 atom stereocenters. The molecule has 10 nitrogen and oxygen atoms in total. The molecule has 1 unspecified atom stereocenters. The topological polar surface area (TPSA) is 126 Å². The summed E-state index contributed by atoms with van der Waals surface area (Å²) in [4.78, 5) is 46.6. The first-order valence-electron chi connectivity index (χ1n) is 9.63. The van der Waals surface area contributed by atoms with E-state index in [1.54, 1.807) is 27.7 Å². The van der Waals surface area contributed by atoms with Gasteiger partial charge in [0.25, 0.3) is 0 Å². The van der Waals surface area contributed by atoms with Crippen molar-refractivity contribution < 1.29 is 42.9 Å². The molecule has 0 aliphatic heterocycles. The normalized spacial score (nSPS) is 12.4. The van der Waals surface area contributed by atoms with E-state index in [9.17, 15) is 19.2 Å². The number of esters is 4. The molecule has 0 amide bonds. The zero-order valence-electron chi connectivity index (χ0n) is 18.1. The molecule has 11 heteroatoms. The minimum absolute atomic E-state index is 0.174. The van der Waals surface area contributed by atoms with Gasteiger partial charge in [-0.25, -0.2) is 19.2 Å². The lowest BCUT2D eigenvalue weighted by atomic mass is 10.3. The minimum atomic E-state index is -0.835. The summed E-state index contributed by atoms with van der Waals surface area (Å²) in [7, 11) is 0. The first-order valence-corrected chi connectivity index (χ1v) is 11.2. The van der Waals surface area contributed by atoms with E-state index in [1.165, 1.54) is 0 Å². The van der Waals surface area contributed by atoms with E-state index in [0.29, 0.717) is 17.8 Å². The Morgan fingerprint density at radius 3 is 1.77 bits per heavy atom. The third kappa shape index (κ3) is 18.5. The molecule has 0 spiro atoms. The molecule has 0 heterocycles. The lowest BCUT2D eigenvalue weighted by Gasteiger charge is -2.17. The highest BCUT2D eigenvalue weighted by atomic mass is 127. The van der Waals surface area contributed by atoms with Crippen molar-refractivity contribution in [3.05, 3.63) is 24.3 Å². The molecule has 0 aliphatic carbocycles. The second-order valence-electron chi connectivity index (χ2n) is 6.55. The second-order valence-corrected chi connectivity index (χ2v) is 7.17. The van der Waals surface area contributed by atoms with Gasteiger partial charge in [-0.05, 0) is 27.7 Å². The lowest BCUT2D eigenvalue weighted by Crippen LogP contribution is -2.36. The number of carbonyl (C=O) groups is 4. The van der Waals surface area contributed by atoms with Crippen molar-refractivity contribution in [1.82, 2.24) is 5.32 Å². The van der Waals surface area contributed by atoms with E-state index >= 15 is 0 Å². The summed E-state index contributed by atoms with van der Waals surface area (Å²) in [5, 5.41) is 3.01. The summed E-state index contributed by atoms with van der Waals surface area (Å²) < 4.78 is 25.7. The summed E-state index contributed by atoms with van der Waals surface area (Å²) in [6, 6.07) is 0. The van der Waals surface area contributed by atoms with Crippen LogP contribution >= 0.6 is 22.6 Å². The summed E-state index contributed by atoms with van der Waals surface area (Å²) in [5.41, 5.74) is 0. The van der Waals surface area contributed by atoms with Gasteiger partial charge in [-0.1, -0.05) is 22.6 Å². The van der Waals surface area contributed by atoms with Crippen molar-refractivity contribution in [1.29, 1.82) is 0 Å². The number of nitrogens with one attached hydrogen (secondary N) is 1. The molecular weight excluding hydrogens is 525 g/mol. The van der Waals surface area contributed by atoms with E-state index in [0.717, 1.165) is 24.3 Å². The Labute approximate surface area is 195 Å². The molecule has 0 saturated heterocycles. The number of hydrogen-bond donors (Lipinski definition) is 1. The summed E-state index contributed by atoms with van der Waals surface area (Å²) in [6.07, 6.45) is 2.29. The maximum absolute atomic E-state index is 12.0. The van der Waals surface area contributed by atoms with Crippen LogP contribution in [0.4, 0.5) is 0 Å². The van der Waals surface area contributed by atoms with Crippen LogP contribution in [0.1, 0.15) is 27.7 Å². The zero-order valence-corrected chi connectivity index (χ0v) is 20.3. The predicted octanol–water partition coefficient (Wildman–Crippen LogP) is 1.46. The van der Waals surface area contributed by atoms with E-state index in [2.05, 4.69) is 27.9 Å². The molecule has 0 fully saturated rings. The SMILES string of the molecule is CC(C)OC(=O)/C=C/C(=O)OCC(CNCCOCI)OC(=O)/C=C/C(=O)OC(C)C. The van der Waals surface area contributed by atoms with Gasteiger partial charge in [0.2, 0.25) is 0 Å². The maximum Gasteiger partial charge on any atom is 0.331 e. The number of rotatable bonds is 15. The monoisotopic (exact) mass is 555 g/mol. The van der Waals surface area contributed by atoms with Crippen LogP contribution in [0, 0.1) is 0 Å². The maximum atomic E-state index is 12.0. The number of alkyl halides is 1. The summed E-state index contributed by atoms with van der Waals surface area (Å²) in [6.45, 7) is 7.56. The van der Waals surface area contributed by atoms with Gasteiger partial charge >= 0.3 is 23.9 Å². The molecule has 0 aliphatic rings. The van der Waals surface area contributed by atoms with Crippen molar-refractivity contribution in [3.63, 3.8) is 0 Å². The summed E-state index contributed by atoms with van der Waals surface area (Å²) >= 11 is 2.07. The molecule has 1 N–H and O–H groups in total. The van der Waals surface area contributed by atoms with E-state index in [4.69, 9.17) is 23.7 Å². The van der Waals surface area contributed by atoms with Gasteiger partial charge in [0.05, 0.1) is 23.4 Å². The Balaban J connectivity index is 4.70. The zero-order chi connectivity index (χ0) is 23.6. The van der Waals surface area contributed by atoms with Gasteiger partial charge in [0.15, 0.2) is 0 Å². The third-order valence-corrected chi connectivity index (χ3v) is 3.42. The Bertz CT molecular complexity index is 632. The van der Waals surface area contributed by atoms with Crippen molar-refractivity contribution >= 4 is 46.5 Å². The van der Waals surface area contributed by atoms with Gasteiger partial charge in [0, 0.05) is 37.4 Å². The summed E-state index contributed by atoms with van der Waals surface area (Å²) in [5.74, 6) is -2.96. The third-order valence-electron chi connectivity index (χ3n) is 2.98. The molecule has 0 radical (unpaired) electrons. The first-order chi connectivity index (χ1) is 14.6. The van der Waals surface area contributed by atoms with Crippen molar-refractivity contribution in [2.24, 2.45) is 0 Å². The van der Waals surface area contributed by atoms with Crippen LogP contribution < -0.4 is 5.32 Å². The highest BCUT2D eigenvalue weighted by Gasteiger charge is 2.16. The van der Waals surface area contributed by atoms with Crippen LogP contribution in [-0.4, -0.2) is 73.1 Å². The number of carbonyl (C=O) groups excluding carboxylic acids is 4. The Morgan fingerprint density at radius 1 is 0.806 bits per heavy atom. The van der Waals surface area contributed by atoms with Gasteiger partial charge in [0.1, 0.15) is 12.7 Å². The quantitative estimate of drug-likeness (QED) is 0.0793. The molecule has 0 saturated carbocycles. The molecular formula is C20H30INO9. The number of ether oxygens (including phenoxy) is 5. The standard InChI is InChI=1S/C20H30INO9/c1-14(2)29-18(24)6-5-17(23)28-12-16(11-22-9-10-27-13-21)31-20(26)8-7-19(25)30-15(3)4/h5-8,14-16,22H,9-13H2,1-4H3/b6-5+,8-7+. The van der Waals surface area contributed by atoms with Crippen LogP contribution in [0.15, 0.2) is 24.3 Å². The van der Waals surface area contributed by atoms with Gasteiger partial charge in [-0.15, -0.1) is 0 Å². The number of hydrogen-bond acceptors (Lipinski definition) is 10. The highest BCUT2D eigenvalue weighted by Crippen LogP contribution is 1.99. The minimum Gasteiger partial charge on any atom is -0.460 e. The van der Waals surface area contributed by atoms with E-state index in [-0.39, 0.29) is 25.4 Å². The van der Waals surface area contributed by atoms with Crippen molar-refractivity contribution in [2.45, 2.75) is 46.0 Å². The molecule has 0 bridgehead atoms. The van der Waals surface area contributed by atoms with E-state index in [1.807, 2.05) is 0 Å². The van der Waals surface area contributed by atoms with Gasteiger partial charge in [-0.2, -0.15) is 0 Å². The molecule has 31 heavy (non-hydrogen) atoms. The molecule has 0 aromatic heterocycles. The van der Waals surface area contributed by atoms with Crippen LogP contribution in [-0.2, 0) is 42.9 Å². The van der Waals surface area contributed by atoms with Crippen molar-refractivity contribution in [2.75, 3.05) is 30.9 Å². The first kappa shape index (κ1) is 29.0. The largest absolute Gasteiger partial charge is 0.460 e. The van der Waals surface area contributed by atoms with Crippen LogP contribution in [0.5, 0.6) is 0 Å². The Hall–Kier alpha value is -1.99. The smallest absolute Gasteiger partial charge is 0.331 e. The van der Waals surface area contributed by atoms with E-state index < -0.39 is 30.0 Å².